The van der Waals surface area contributed by atoms with Crippen LogP contribution in [0.5, 0.6) is 0 Å². The van der Waals surface area contributed by atoms with Gasteiger partial charge in [-0.3, -0.25) is 0 Å². The van der Waals surface area contributed by atoms with Gasteiger partial charge in [-0.05, 0) is 36.4 Å². The molecular formula is C90H65B2N5Se. The molecule has 0 spiro atoms. The second-order valence-electron chi connectivity index (χ2n) is 27.9. The normalized spacial score (nSPS) is 14.6. The molecule has 14 aromatic rings. The summed E-state index contributed by atoms with van der Waals surface area (Å²) in [5, 5.41) is 0. The zero-order valence-electron chi connectivity index (χ0n) is 54.9. The van der Waals surface area contributed by atoms with Crippen LogP contribution in [-0.2, 0) is 10.8 Å². The molecular weight excluding hydrogens is 1250 g/mol. The van der Waals surface area contributed by atoms with Crippen molar-refractivity contribution in [2.75, 3.05) is 24.5 Å². The van der Waals surface area contributed by atoms with Gasteiger partial charge in [-0.25, -0.2) is 0 Å². The number of hydrogen-bond donors (Lipinski definition) is 0. The van der Waals surface area contributed by atoms with E-state index in [0.717, 1.165) is 51.2 Å². The fourth-order valence-electron chi connectivity index (χ4n) is 17.8. The van der Waals surface area contributed by atoms with Crippen LogP contribution in [0.15, 0.2) is 322 Å². The van der Waals surface area contributed by atoms with E-state index in [9.17, 15) is 0 Å². The van der Waals surface area contributed by atoms with Crippen molar-refractivity contribution in [2.24, 2.45) is 0 Å². The summed E-state index contributed by atoms with van der Waals surface area (Å²) in [6.45, 7) is 9.79. The number of hydrogen-bond acceptors (Lipinski definition) is 5. The van der Waals surface area contributed by atoms with Gasteiger partial charge in [-0.1, -0.05) is 60.7 Å². The molecule has 8 heteroatoms. The van der Waals surface area contributed by atoms with E-state index in [2.05, 4.69) is 374 Å². The number of fused-ring (bicyclic) bond motifs is 16. The third-order valence-electron chi connectivity index (χ3n) is 21.9. The van der Waals surface area contributed by atoms with Crippen LogP contribution in [0.2, 0.25) is 0 Å². The molecule has 14 aromatic carbocycles. The Morgan fingerprint density at radius 3 is 1.16 bits per heavy atom. The second kappa shape index (κ2) is 21.6. The number of nitrogens with zero attached hydrogens (tertiary/aromatic N) is 5. The topological polar surface area (TPSA) is 16.2 Å². The minimum Gasteiger partial charge on any atom is -0.310 e. The van der Waals surface area contributed by atoms with Crippen LogP contribution in [0.3, 0.4) is 0 Å². The molecule has 4 aliphatic heterocycles. The molecule has 0 saturated heterocycles. The van der Waals surface area contributed by atoms with Crippen molar-refractivity contribution in [1.82, 2.24) is 0 Å². The molecule has 20 rings (SSSR count). The predicted octanol–water partition coefficient (Wildman–Crippen LogP) is 17.6. The molecule has 0 radical (unpaired) electrons. The Balaban J connectivity index is 0.849. The van der Waals surface area contributed by atoms with Gasteiger partial charge in [0.25, 0.3) is 0 Å². The van der Waals surface area contributed by atoms with Gasteiger partial charge < -0.3 is 4.90 Å². The van der Waals surface area contributed by atoms with Crippen molar-refractivity contribution in [3.8, 4) is 22.3 Å². The summed E-state index contributed by atoms with van der Waals surface area (Å²) in [4.78, 5) is 12.8. The van der Waals surface area contributed by atoms with Gasteiger partial charge in [0.1, 0.15) is 0 Å². The number of anilines is 15. The molecule has 2 aliphatic carbocycles. The van der Waals surface area contributed by atoms with Gasteiger partial charge >= 0.3 is 465 Å². The fraction of sp³-hybridized carbons (Fsp3) is 0.0667. The van der Waals surface area contributed by atoms with Crippen molar-refractivity contribution >= 4 is 155 Å². The summed E-state index contributed by atoms with van der Waals surface area (Å²) in [7, 11) is 0. The quantitative estimate of drug-likeness (QED) is 0.134. The van der Waals surface area contributed by atoms with Crippen LogP contribution in [0.1, 0.15) is 49.9 Å². The van der Waals surface area contributed by atoms with Gasteiger partial charge in [0.2, 0.25) is 0 Å². The summed E-state index contributed by atoms with van der Waals surface area (Å²) in [5.74, 6) is 0. The Morgan fingerprint density at radius 2 is 0.673 bits per heavy atom. The third-order valence-corrected chi connectivity index (χ3v) is 24.5. The van der Waals surface area contributed by atoms with E-state index in [1.807, 2.05) is 0 Å². The Kier molecular flexibility index (Phi) is 12.6. The maximum absolute atomic E-state index is 2.71. The van der Waals surface area contributed by atoms with E-state index in [0.29, 0.717) is 0 Å². The minimum absolute atomic E-state index is 0.00704. The molecule has 0 fully saturated rings. The first kappa shape index (κ1) is 57.0. The smallest absolute Gasteiger partial charge is 0.310 e. The van der Waals surface area contributed by atoms with E-state index in [1.165, 1.54) is 120 Å². The zero-order valence-corrected chi connectivity index (χ0v) is 56.6. The molecule has 0 unspecified atom stereocenters. The molecule has 0 saturated carbocycles. The zero-order chi connectivity index (χ0) is 65.1. The van der Waals surface area contributed by atoms with Gasteiger partial charge in [0.15, 0.2) is 0 Å². The minimum atomic E-state index is -0.441. The van der Waals surface area contributed by atoms with E-state index < -0.39 is 5.41 Å². The molecule has 6 aliphatic rings. The number of para-hydroxylation sites is 8. The molecule has 0 atom stereocenters. The number of benzene rings is 14. The van der Waals surface area contributed by atoms with E-state index >= 15 is 0 Å². The van der Waals surface area contributed by atoms with Gasteiger partial charge in [0.05, 0.1) is 0 Å². The van der Waals surface area contributed by atoms with Gasteiger partial charge in [0, 0.05) is 17.1 Å². The molecule has 0 bridgehead atoms. The van der Waals surface area contributed by atoms with Crippen LogP contribution < -0.4 is 66.2 Å². The number of rotatable bonds is 9. The predicted molar refractivity (Wildman–Crippen MR) is 416 cm³/mol. The average molecular weight is 1320 g/mol. The van der Waals surface area contributed by atoms with E-state index in [-0.39, 0.29) is 33.8 Å². The van der Waals surface area contributed by atoms with Crippen molar-refractivity contribution in [3.05, 3.63) is 344 Å². The summed E-state index contributed by atoms with van der Waals surface area (Å²) >= 11 is -0.00704. The second-order valence-corrected chi connectivity index (χ2v) is 30.1. The Morgan fingerprint density at radius 1 is 0.286 bits per heavy atom. The van der Waals surface area contributed by atoms with Crippen LogP contribution in [0.4, 0.5) is 85.3 Å². The van der Waals surface area contributed by atoms with Crippen LogP contribution in [0.25, 0.3) is 22.3 Å². The maximum atomic E-state index is 2.71. The Bertz CT molecular complexity index is 5500. The van der Waals surface area contributed by atoms with Crippen molar-refractivity contribution in [3.63, 3.8) is 0 Å². The summed E-state index contributed by atoms with van der Waals surface area (Å²) in [5.41, 5.74) is 35.6. The summed E-state index contributed by atoms with van der Waals surface area (Å²) in [6, 6.07) is 121. The molecule has 0 amide bonds. The first-order valence-corrected chi connectivity index (χ1v) is 36.0. The van der Waals surface area contributed by atoms with E-state index in [4.69, 9.17) is 0 Å². The van der Waals surface area contributed by atoms with Crippen molar-refractivity contribution in [2.45, 2.75) is 38.5 Å². The monoisotopic (exact) mass is 1320 g/mol. The molecule has 5 nitrogen and oxygen atoms in total. The van der Waals surface area contributed by atoms with E-state index in [1.54, 1.807) is 0 Å². The first-order valence-electron chi connectivity index (χ1n) is 34.3. The molecule has 98 heavy (non-hydrogen) atoms. The van der Waals surface area contributed by atoms with Gasteiger partial charge in [-0.15, -0.1) is 0 Å². The Hall–Kier alpha value is -11.3. The molecule has 4 heterocycles. The fourth-order valence-corrected chi connectivity index (χ4v) is 20.9. The molecule has 0 aromatic heterocycles. The summed E-state index contributed by atoms with van der Waals surface area (Å²) < 4.78 is 2.97. The summed E-state index contributed by atoms with van der Waals surface area (Å²) in [6.07, 6.45) is 0. The van der Waals surface area contributed by atoms with Crippen molar-refractivity contribution < 1.29 is 0 Å². The van der Waals surface area contributed by atoms with Crippen LogP contribution >= 0.6 is 0 Å². The van der Waals surface area contributed by atoms with Gasteiger partial charge in [-0.2, -0.15) is 0 Å². The third kappa shape index (κ3) is 8.23. The Labute approximate surface area is 580 Å². The SMILES string of the molecule is CC1(C)c2cc(N(c3ccccc3)c3ccccc3)ccc2-c2cc3c4c(c21)[Se]c1ccccc1B4c1cc2c(cc1N3c1ccccc1)N(c1ccccc1)c1cc3c(c4c1B2c1ccccc1N4c1ccccc1)C(C)(C)c1cc(N(c2ccccc2)c2ccccc2)ccc1-3. The standard InChI is InChI=1S/C90H65B2N5Se/c1-89(2)71-52-65(93(58-30-12-5-13-31-58)59-32-14-6-15-33-59)48-50-67(71)69-54-80-85-87(83(69)89)97(64-42-24-11-25-43-64)77-46-28-26-44-73(77)91(85)75-56-76-79(57-78(75)95(80)62-38-20-9-21-39-62)96(63-40-22-10-23-41-63)81-55-70-68-51-49-66(94(60-34-16-7-17-35-60)61-36-18-8-19-37-61)53-72(68)90(3,4)84(70)88-86(81)92(76)74-45-27-29-47-82(74)98-88/h5-57H,1-4H3. The van der Waals surface area contributed by atoms with Crippen LogP contribution in [0, 0.1) is 0 Å². The average Bonchev–Trinajstić information content (AvgIpc) is 1.24. The first-order chi connectivity index (χ1) is 48.2. The van der Waals surface area contributed by atoms with Crippen LogP contribution in [-0.4, -0.2) is 28.4 Å². The molecule has 462 valence electrons. The van der Waals surface area contributed by atoms with Crippen molar-refractivity contribution in [1.29, 1.82) is 0 Å². The molecule has 0 N–H and O–H groups in total.